The summed E-state index contributed by atoms with van der Waals surface area (Å²) in [7, 11) is 0. The number of carbonyl (C=O) groups excluding carboxylic acids is 1. The van der Waals surface area contributed by atoms with E-state index in [1.807, 2.05) is 33.1 Å². The lowest BCUT2D eigenvalue weighted by Gasteiger charge is -2.44. The summed E-state index contributed by atoms with van der Waals surface area (Å²) >= 11 is 8.07. The fourth-order valence-electron chi connectivity index (χ4n) is 6.19. The van der Waals surface area contributed by atoms with Gasteiger partial charge in [0.1, 0.15) is 0 Å². The van der Waals surface area contributed by atoms with Gasteiger partial charge in [-0.25, -0.2) is 0 Å². The van der Waals surface area contributed by atoms with Crippen molar-refractivity contribution in [3.63, 3.8) is 0 Å². The van der Waals surface area contributed by atoms with Gasteiger partial charge in [-0.3, -0.25) is 14.0 Å². The molecule has 0 radical (unpaired) electrons. The van der Waals surface area contributed by atoms with E-state index >= 15 is 0 Å². The molecule has 1 saturated carbocycles. The van der Waals surface area contributed by atoms with E-state index in [1.165, 1.54) is 11.8 Å². The fraction of sp³-hybridized carbons (Fsp3) is 0.586. The molecule has 2 fully saturated rings. The Morgan fingerprint density at radius 1 is 1.18 bits per heavy atom. The molecule has 1 saturated heterocycles. The Morgan fingerprint density at radius 3 is 2.49 bits per heavy atom. The summed E-state index contributed by atoms with van der Waals surface area (Å²) in [5, 5.41) is 3.18. The smallest absolute Gasteiger partial charge is 0.254 e. The fourth-order valence-corrected chi connectivity index (χ4v) is 7.13. The number of ether oxygens (including phenoxy) is 3. The third-order valence-electron chi connectivity index (χ3n) is 8.58. The molecule has 39 heavy (non-hydrogen) atoms. The lowest BCUT2D eigenvalue weighted by atomic mass is 9.70. The Balaban J connectivity index is 1.27. The van der Waals surface area contributed by atoms with Crippen molar-refractivity contribution < 1.29 is 23.4 Å². The van der Waals surface area contributed by atoms with Gasteiger partial charge in [-0.1, -0.05) is 11.6 Å². The standard InChI is InChI=1S/C29H36ClFN2O5S/c1-16-9-23(39-4)21(27(35)33-16)12-32-26(34)20-10-22(30)25-24(17(20)2)37-28(3,38-25)19-7-5-18(6-8-19)11-29(13-31)14-36-15-29/h9-10,18-19H,5-8,11-15H2,1-4H3,(H,32,34)(H,33,35). The largest absolute Gasteiger partial charge is 0.448 e. The molecule has 7 nitrogen and oxygen atoms in total. The van der Waals surface area contributed by atoms with Gasteiger partial charge in [-0.15, -0.1) is 11.8 Å². The average molecular weight is 579 g/mol. The van der Waals surface area contributed by atoms with Crippen molar-refractivity contribution in [2.45, 2.75) is 70.1 Å². The second kappa shape index (κ2) is 11.0. The SMILES string of the molecule is CSc1cc(C)[nH]c(=O)c1CNC(=O)c1cc(Cl)c2c(c1C)OC(C)(C1CCC(CC3(CF)COC3)CC1)O2. The third kappa shape index (κ3) is 5.42. The highest BCUT2D eigenvalue weighted by Gasteiger charge is 2.48. The maximum Gasteiger partial charge on any atom is 0.254 e. The molecule has 1 aliphatic carbocycles. The number of aromatic amines is 1. The number of nitrogens with one attached hydrogen (secondary N) is 2. The number of aromatic nitrogens is 1. The van der Waals surface area contributed by atoms with Crippen LogP contribution in [0.25, 0.3) is 0 Å². The average Bonchev–Trinajstić information content (AvgIpc) is 3.27. The molecule has 2 aromatic rings. The van der Waals surface area contributed by atoms with E-state index in [1.54, 1.807) is 6.07 Å². The number of benzene rings is 1. The van der Waals surface area contributed by atoms with Crippen molar-refractivity contribution in [2.24, 2.45) is 17.3 Å². The van der Waals surface area contributed by atoms with Crippen LogP contribution in [0.15, 0.2) is 21.8 Å². The van der Waals surface area contributed by atoms with Crippen molar-refractivity contribution in [3.8, 4) is 11.5 Å². The Bertz CT molecular complexity index is 1320. The van der Waals surface area contributed by atoms with E-state index in [0.29, 0.717) is 52.3 Å². The molecule has 0 spiro atoms. The molecule has 1 atom stereocenters. The van der Waals surface area contributed by atoms with E-state index in [9.17, 15) is 14.0 Å². The molecule has 1 aromatic heterocycles. The number of halogens is 2. The van der Waals surface area contributed by atoms with Crippen LogP contribution in [0.3, 0.4) is 0 Å². The van der Waals surface area contributed by atoms with Crippen molar-refractivity contribution >= 4 is 29.3 Å². The molecule has 1 aromatic carbocycles. The second-order valence-corrected chi connectivity index (χ2v) is 12.7. The maximum atomic E-state index is 13.6. The number of carbonyl (C=O) groups is 1. The molecule has 3 heterocycles. The maximum absolute atomic E-state index is 13.6. The Kier molecular flexibility index (Phi) is 7.97. The predicted octanol–water partition coefficient (Wildman–Crippen LogP) is 5.97. The van der Waals surface area contributed by atoms with Crippen molar-refractivity contribution in [3.05, 3.63) is 49.9 Å². The number of hydrogen-bond acceptors (Lipinski definition) is 6. The van der Waals surface area contributed by atoms with E-state index in [2.05, 4.69) is 10.3 Å². The number of thioether (sulfide) groups is 1. The van der Waals surface area contributed by atoms with Crippen molar-refractivity contribution in [2.75, 3.05) is 26.1 Å². The van der Waals surface area contributed by atoms with E-state index in [-0.39, 0.29) is 36.0 Å². The van der Waals surface area contributed by atoms with Gasteiger partial charge in [0, 0.05) is 52.1 Å². The number of aryl methyl sites for hydroxylation is 1. The Hall–Kier alpha value is -2.23. The number of rotatable bonds is 8. The zero-order chi connectivity index (χ0) is 27.9. The zero-order valence-electron chi connectivity index (χ0n) is 22.9. The van der Waals surface area contributed by atoms with Crippen LogP contribution in [0.5, 0.6) is 11.5 Å². The van der Waals surface area contributed by atoms with Gasteiger partial charge in [0.2, 0.25) is 0 Å². The highest BCUT2D eigenvalue weighted by atomic mass is 35.5. The monoisotopic (exact) mass is 578 g/mol. The number of alkyl halides is 1. The molecular formula is C29H36ClFN2O5S. The van der Waals surface area contributed by atoms with Crippen LogP contribution in [0.1, 0.15) is 66.2 Å². The Labute approximate surface area is 237 Å². The molecule has 5 rings (SSSR count). The van der Waals surface area contributed by atoms with Crippen LogP contribution in [0.4, 0.5) is 4.39 Å². The van der Waals surface area contributed by atoms with Gasteiger partial charge in [0.25, 0.3) is 17.3 Å². The number of H-pyrrole nitrogens is 1. The van der Waals surface area contributed by atoms with Crippen LogP contribution >= 0.6 is 23.4 Å². The predicted molar refractivity (Wildman–Crippen MR) is 150 cm³/mol. The van der Waals surface area contributed by atoms with Gasteiger partial charge in [-0.05, 0) is 70.3 Å². The first kappa shape index (κ1) is 28.3. The van der Waals surface area contributed by atoms with Crippen LogP contribution < -0.4 is 20.3 Å². The summed E-state index contributed by atoms with van der Waals surface area (Å²) in [5.74, 6) is 0.323. The van der Waals surface area contributed by atoms with Gasteiger partial charge in [-0.2, -0.15) is 0 Å². The molecule has 0 bridgehead atoms. The lowest BCUT2D eigenvalue weighted by Crippen LogP contribution is -2.47. The van der Waals surface area contributed by atoms with Gasteiger partial charge in [0.15, 0.2) is 11.5 Å². The van der Waals surface area contributed by atoms with Crippen LogP contribution in [-0.4, -0.2) is 42.8 Å². The van der Waals surface area contributed by atoms with Crippen LogP contribution in [-0.2, 0) is 11.3 Å². The number of pyridine rings is 1. The molecule has 2 aliphatic heterocycles. The molecular weight excluding hydrogens is 543 g/mol. The number of fused-ring (bicyclic) bond motifs is 1. The van der Waals surface area contributed by atoms with Gasteiger partial charge >= 0.3 is 0 Å². The number of hydrogen-bond donors (Lipinski definition) is 2. The summed E-state index contributed by atoms with van der Waals surface area (Å²) in [6.07, 6.45) is 6.56. The Morgan fingerprint density at radius 2 is 1.87 bits per heavy atom. The summed E-state index contributed by atoms with van der Waals surface area (Å²) in [6.45, 7) is 6.40. The highest BCUT2D eigenvalue weighted by Crippen LogP contribution is 2.52. The summed E-state index contributed by atoms with van der Waals surface area (Å²) in [4.78, 5) is 29.3. The molecule has 1 amide bonds. The summed E-state index contributed by atoms with van der Waals surface area (Å²) in [6, 6.07) is 3.49. The minimum Gasteiger partial charge on any atom is -0.448 e. The highest BCUT2D eigenvalue weighted by molar-refractivity contribution is 7.98. The molecule has 3 aliphatic rings. The molecule has 1 unspecified atom stereocenters. The first-order valence-electron chi connectivity index (χ1n) is 13.5. The van der Waals surface area contributed by atoms with E-state index in [4.69, 9.17) is 25.8 Å². The zero-order valence-corrected chi connectivity index (χ0v) is 24.5. The van der Waals surface area contributed by atoms with Gasteiger partial charge in [0.05, 0.1) is 24.9 Å². The normalized spacial score (nSPS) is 25.3. The number of amides is 1. The third-order valence-corrected chi connectivity index (χ3v) is 9.66. The van der Waals surface area contributed by atoms with E-state index < -0.39 is 5.79 Å². The lowest BCUT2D eigenvalue weighted by molar-refractivity contribution is -0.145. The molecule has 10 heteroatoms. The molecule has 212 valence electrons. The summed E-state index contributed by atoms with van der Waals surface area (Å²) in [5.41, 5.74) is 1.79. The first-order chi connectivity index (χ1) is 18.6. The minimum absolute atomic E-state index is 0.0902. The quantitative estimate of drug-likeness (QED) is 0.375. The van der Waals surface area contributed by atoms with Crippen molar-refractivity contribution in [1.82, 2.24) is 10.3 Å². The minimum atomic E-state index is -0.892. The van der Waals surface area contributed by atoms with E-state index in [0.717, 1.165) is 42.7 Å². The summed E-state index contributed by atoms with van der Waals surface area (Å²) < 4.78 is 31.6. The second-order valence-electron chi connectivity index (χ2n) is 11.5. The molecule has 2 N–H and O–H groups in total. The first-order valence-corrected chi connectivity index (χ1v) is 15.1. The van der Waals surface area contributed by atoms with Crippen LogP contribution in [0.2, 0.25) is 5.02 Å². The van der Waals surface area contributed by atoms with Crippen LogP contribution in [0, 0.1) is 31.1 Å². The topological polar surface area (TPSA) is 89.7 Å². The van der Waals surface area contributed by atoms with Crippen molar-refractivity contribution in [1.29, 1.82) is 0 Å². The van der Waals surface area contributed by atoms with Gasteiger partial charge < -0.3 is 24.5 Å².